The molecule has 0 N–H and O–H groups in total. The molecule has 0 saturated carbocycles. The fourth-order valence-corrected chi connectivity index (χ4v) is 5.66. The third-order valence-corrected chi connectivity index (χ3v) is 7.93. The zero-order chi connectivity index (χ0) is 29.5. The van der Waals surface area contributed by atoms with Gasteiger partial charge in [-0.15, -0.1) is 5.10 Å². The Kier molecular flexibility index (Phi) is 5.48. The maximum atomic E-state index is 13.7. The van der Waals surface area contributed by atoms with Crippen molar-refractivity contribution in [1.29, 1.82) is 0 Å². The summed E-state index contributed by atoms with van der Waals surface area (Å²) >= 11 is 6.24. The zero-order valence-electron chi connectivity index (χ0n) is 22.6. The van der Waals surface area contributed by atoms with Crippen LogP contribution in [0.3, 0.4) is 0 Å². The Morgan fingerprint density at radius 1 is 0.619 bits per heavy atom. The summed E-state index contributed by atoms with van der Waals surface area (Å²) < 4.78 is 5.71. The van der Waals surface area contributed by atoms with Crippen LogP contribution in [0.2, 0.25) is 5.02 Å². The van der Waals surface area contributed by atoms with Gasteiger partial charge in [0, 0.05) is 33.0 Å². The Bertz CT molecular complexity index is 1950. The van der Waals surface area contributed by atoms with Gasteiger partial charge in [0.1, 0.15) is 0 Å². The number of nitrogens with zero attached hydrogens (tertiary/aromatic N) is 4. The van der Waals surface area contributed by atoms with Gasteiger partial charge in [0.15, 0.2) is 0 Å². The lowest BCUT2D eigenvalue weighted by molar-refractivity contribution is 0.0868. The fourth-order valence-electron chi connectivity index (χ4n) is 5.44. The van der Waals surface area contributed by atoms with Crippen molar-refractivity contribution in [2.45, 2.75) is 26.2 Å². The fraction of sp³-hybridized carbons (Fsp3) is 0.125. The molecule has 4 amide bonds. The summed E-state index contributed by atoms with van der Waals surface area (Å²) in [5.41, 5.74) is 2.54. The van der Waals surface area contributed by atoms with E-state index in [1.165, 1.54) is 24.3 Å². The number of carbonyl (C=O) groups is 4. The van der Waals surface area contributed by atoms with Crippen LogP contribution in [0.5, 0.6) is 0 Å². The summed E-state index contributed by atoms with van der Waals surface area (Å²) in [6.45, 7) is 6.24. The van der Waals surface area contributed by atoms with Crippen LogP contribution >= 0.6 is 11.6 Å². The van der Waals surface area contributed by atoms with Crippen molar-refractivity contribution in [2.75, 3.05) is 9.80 Å². The lowest BCUT2D eigenvalue weighted by Crippen LogP contribution is -2.43. The third-order valence-electron chi connectivity index (χ3n) is 7.60. The first-order chi connectivity index (χ1) is 20.1. The molecule has 0 bridgehead atoms. The van der Waals surface area contributed by atoms with E-state index in [4.69, 9.17) is 16.0 Å². The Balaban J connectivity index is 1.31. The number of carbonyl (C=O) groups excluding carboxylic acids is 4. The standard InChI is InChI=1S/C32H21ClN4O5/c1-32(2,3)16-8-10-17(11-9-16)36-27(38)19-12-14-21-25-22(15-13-20(24(19)25)28(36)39)30(41)37(29(21)40)31-35-34-26(42-31)18-6-4-5-7-23(18)33/h4-15H,1-3H3. The number of imide groups is 2. The first-order valence-corrected chi connectivity index (χ1v) is 13.5. The van der Waals surface area contributed by atoms with Crippen molar-refractivity contribution in [2.24, 2.45) is 0 Å². The number of aromatic nitrogens is 2. The van der Waals surface area contributed by atoms with E-state index in [0.717, 1.165) is 15.4 Å². The quantitative estimate of drug-likeness (QED) is 0.227. The number of amides is 4. The van der Waals surface area contributed by atoms with Crippen LogP contribution < -0.4 is 9.80 Å². The average molecular weight is 577 g/mol. The Morgan fingerprint density at radius 3 is 1.62 bits per heavy atom. The number of halogens is 1. The smallest absolute Gasteiger partial charge is 0.332 e. The second-order valence-electron chi connectivity index (χ2n) is 11.1. The predicted octanol–water partition coefficient (Wildman–Crippen LogP) is 6.44. The minimum Gasteiger partial charge on any atom is -0.403 e. The molecule has 2 aliphatic heterocycles. The molecule has 42 heavy (non-hydrogen) atoms. The Morgan fingerprint density at radius 2 is 1.12 bits per heavy atom. The molecular formula is C32H21ClN4O5. The van der Waals surface area contributed by atoms with Crippen molar-refractivity contribution in [3.63, 3.8) is 0 Å². The van der Waals surface area contributed by atoms with E-state index in [1.54, 1.807) is 36.4 Å². The summed E-state index contributed by atoms with van der Waals surface area (Å²) in [7, 11) is 0. The van der Waals surface area contributed by atoms with E-state index in [-0.39, 0.29) is 50.3 Å². The molecule has 0 saturated heterocycles. The van der Waals surface area contributed by atoms with E-state index in [9.17, 15) is 19.2 Å². The molecule has 0 unspecified atom stereocenters. The SMILES string of the molecule is CC(C)(C)c1ccc(N2C(=O)c3ccc4c5c(ccc(c35)C2=O)C(=O)N(c2nnc(-c3ccccc3Cl)o2)C4=O)cc1. The second kappa shape index (κ2) is 8.92. The predicted molar refractivity (Wildman–Crippen MR) is 156 cm³/mol. The van der Waals surface area contributed by atoms with Gasteiger partial charge < -0.3 is 4.42 Å². The van der Waals surface area contributed by atoms with Gasteiger partial charge in [0.25, 0.3) is 29.5 Å². The Labute approximate surface area is 244 Å². The molecule has 0 aliphatic carbocycles. The van der Waals surface area contributed by atoms with E-state index < -0.39 is 23.6 Å². The van der Waals surface area contributed by atoms with Crippen LogP contribution in [0.15, 0.2) is 77.2 Å². The summed E-state index contributed by atoms with van der Waals surface area (Å²) in [4.78, 5) is 56.7. The molecule has 1 aromatic heterocycles. The summed E-state index contributed by atoms with van der Waals surface area (Å²) in [6, 6.07) is 19.7. The number of hydrogen-bond acceptors (Lipinski definition) is 7. The lowest BCUT2D eigenvalue weighted by Gasteiger charge is -2.31. The van der Waals surface area contributed by atoms with Crippen molar-refractivity contribution >= 4 is 57.7 Å². The highest BCUT2D eigenvalue weighted by Gasteiger charge is 2.42. The summed E-state index contributed by atoms with van der Waals surface area (Å²) in [5, 5.41) is 8.80. The number of hydrogen-bond donors (Lipinski definition) is 0. The molecular weight excluding hydrogens is 556 g/mol. The molecule has 0 fully saturated rings. The number of anilines is 2. The topological polar surface area (TPSA) is 114 Å². The number of rotatable bonds is 3. The monoisotopic (exact) mass is 576 g/mol. The van der Waals surface area contributed by atoms with Crippen LogP contribution in [-0.2, 0) is 5.41 Å². The van der Waals surface area contributed by atoms with Gasteiger partial charge >= 0.3 is 6.01 Å². The second-order valence-corrected chi connectivity index (χ2v) is 11.5. The minimum atomic E-state index is -0.717. The molecule has 7 rings (SSSR count). The maximum Gasteiger partial charge on any atom is 0.332 e. The molecule has 3 heterocycles. The van der Waals surface area contributed by atoms with Crippen LogP contribution in [0.1, 0.15) is 67.8 Å². The molecule has 10 heteroatoms. The summed E-state index contributed by atoms with van der Waals surface area (Å²) in [5.74, 6) is -2.47. The first-order valence-electron chi connectivity index (χ1n) is 13.1. The zero-order valence-corrected chi connectivity index (χ0v) is 23.4. The van der Waals surface area contributed by atoms with Crippen molar-refractivity contribution in [3.05, 3.63) is 106 Å². The highest BCUT2D eigenvalue weighted by Crippen LogP contribution is 2.40. The lowest BCUT2D eigenvalue weighted by atomic mass is 9.85. The van der Waals surface area contributed by atoms with Crippen LogP contribution in [0, 0.1) is 0 Å². The minimum absolute atomic E-state index is 0.0408. The van der Waals surface area contributed by atoms with E-state index in [0.29, 0.717) is 16.3 Å². The molecule has 0 spiro atoms. The van der Waals surface area contributed by atoms with Gasteiger partial charge in [-0.3, -0.25) is 19.2 Å². The molecule has 206 valence electrons. The highest BCUT2D eigenvalue weighted by molar-refractivity contribution is 6.42. The molecule has 5 aromatic rings. The van der Waals surface area contributed by atoms with Crippen molar-refractivity contribution < 1.29 is 23.6 Å². The van der Waals surface area contributed by atoms with E-state index in [1.807, 2.05) is 12.1 Å². The van der Waals surface area contributed by atoms with E-state index >= 15 is 0 Å². The van der Waals surface area contributed by atoms with Crippen LogP contribution in [0.4, 0.5) is 11.7 Å². The largest absolute Gasteiger partial charge is 0.403 e. The van der Waals surface area contributed by atoms with Gasteiger partial charge in [0.05, 0.1) is 16.3 Å². The van der Waals surface area contributed by atoms with Gasteiger partial charge in [-0.1, -0.05) is 61.7 Å². The molecule has 0 radical (unpaired) electrons. The molecule has 9 nitrogen and oxygen atoms in total. The molecule has 0 atom stereocenters. The van der Waals surface area contributed by atoms with Crippen molar-refractivity contribution in [1.82, 2.24) is 10.2 Å². The Hall–Kier alpha value is -5.15. The van der Waals surface area contributed by atoms with Crippen molar-refractivity contribution in [3.8, 4) is 11.5 Å². The van der Waals surface area contributed by atoms with Gasteiger partial charge in [-0.25, -0.2) is 4.90 Å². The number of benzene rings is 4. The van der Waals surface area contributed by atoms with Crippen LogP contribution in [0.25, 0.3) is 22.2 Å². The van der Waals surface area contributed by atoms with Gasteiger partial charge in [-0.2, -0.15) is 4.90 Å². The van der Waals surface area contributed by atoms with Crippen LogP contribution in [-0.4, -0.2) is 33.8 Å². The highest BCUT2D eigenvalue weighted by atomic mass is 35.5. The first kappa shape index (κ1) is 25.8. The third kappa shape index (κ3) is 3.63. The average Bonchev–Trinajstić information content (AvgIpc) is 3.44. The molecule has 4 aromatic carbocycles. The molecule has 2 aliphatic rings. The van der Waals surface area contributed by atoms with Gasteiger partial charge in [-0.05, 0) is 59.5 Å². The normalized spacial score (nSPS) is 14.8. The van der Waals surface area contributed by atoms with E-state index in [2.05, 4.69) is 31.0 Å². The maximum absolute atomic E-state index is 13.7. The van der Waals surface area contributed by atoms with Gasteiger partial charge in [0.2, 0.25) is 0 Å². The summed E-state index contributed by atoms with van der Waals surface area (Å²) in [6.07, 6.45) is 0.